The second kappa shape index (κ2) is 5.85. The summed E-state index contributed by atoms with van der Waals surface area (Å²) in [5, 5.41) is 19.0. The van der Waals surface area contributed by atoms with Crippen LogP contribution in [0.25, 0.3) is 5.70 Å². The van der Waals surface area contributed by atoms with Crippen LogP contribution >= 0.6 is 11.8 Å². The lowest BCUT2D eigenvalue weighted by atomic mass is 10.3. The monoisotopic (exact) mass is 216 g/mol. The Morgan fingerprint density at radius 2 is 2.13 bits per heavy atom. The van der Waals surface area contributed by atoms with Gasteiger partial charge in [0.1, 0.15) is 0 Å². The van der Waals surface area contributed by atoms with E-state index in [-0.39, 0.29) is 0 Å². The summed E-state index contributed by atoms with van der Waals surface area (Å²) in [6.07, 6.45) is 3.66. The first-order valence-electron chi connectivity index (χ1n) is 4.35. The third-order valence-corrected chi connectivity index (χ3v) is 2.42. The van der Waals surface area contributed by atoms with Gasteiger partial charge in [-0.3, -0.25) is 0 Å². The number of hydrogen-bond donors (Lipinski definition) is 0. The lowest BCUT2D eigenvalue weighted by Crippen LogP contribution is -2.30. The fourth-order valence-corrected chi connectivity index (χ4v) is 1.45. The average molecular weight is 216 g/mol. The molecule has 0 aliphatic carbocycles. The van der Waals surface area contributed by atoms with Crippen LogP contribution in [0.5, 0.6) is 0 Å². The Labute approximate surface area is 93.3 Å². The molecule has 1 aromatic rings. The van der Waals surface area contributed by atoms with Crippen molar-refractivity contribution in [3.05, 3.63) is 35.5 Å². The summed E-state index contributed by atoms with van der Waals surface area (Å²) in [5.74, 6) is 0.359. The van der Waals surface area contributed by atoms with E-state index in [0.29, 0.717) is 11.4 Å². The molecule has 15 heavy (non-hydrogen) atoms. The van der Waals surface area contributed by atoms with Gasteiger partial charge < -0.3 is 0 Å². The van der Waals surface area contributed by atoms with E-state index in [1.807, 2.05) is 37.5 Å². The van der Waals surface area contributed by atoms with Crippen molar-refractivity contribution in [2.45, 2.75) is 6.92 Å². The van der Waals surface area contributed by atoms with Crippen LogP contribution in [0.1, 0.15) is 5.56 Å². The summed E-state index contributed by atoms with van der Waals surface area (Å²) in [7, 11) is 0. The van der Waals surface area contributed by atoms with Crippen molar-refractivity contribution in [3.8, 4) is 12.1 Å². The molecule has 0 amide bonds. The highest BCUT2D eigenvalue weighted by Crippen LogP contribution is 2.05. The summed E-state index contributed by atoms with van der Waals surface area (Å²) in [5.41, 5.74) is 1.67. The third-order valence-electron chi connectivity index (χ3n) is 1.73. The molecule has 0 aromatic carbocycles. The molecule has 0 aliphatic rings. The fourth-order valence-electron chi connectivity index (χ4n) is 0.964. The molecule has 0 bridgehead atoms. The minimum Gasteiger partial charge on any atom is -0.197 e. The Morgan fingerprint density at radius 1 is 1.47 bits per heavy atom. The molecular weight excluding hydrogens is 206 g/mol. The van der Waals surface area contributed by atoms with Gasteiger partial charge in [-0.2, -0.15) is 15.1 Å². The molecule has 0 unspecified atom stereocenters. The number of pyridine rings is 1. The number of hydrogen-bond acceptors (Lipinski definition) is 3. The van der Waals surface area contributed by atoms with Crippen LogP contribution in [0, 0.1) is 29.6 Å². The number of rotatable bonds is 3. The van der Waals surface area contributed by atoms with Gasteiger partial charge in [-0.1, -0.05) is 0 Å². The molecule has 0 N–H and O–H groups in total. The van der Waals surface area contributed by atoms with Crippen LogP contribution in [-0.2, 0) is 0 Å². The van der Waals surface area contributed by atoms with E-state index >= 15 is 0 Å². The second-order valence-corrected chi connectivity index (χ2v) is 3.72. The Morgan fingerprint density at radius 3 is 2.67 bits per heavy atom. The highest BCUT2D eigenvalue weighted by Gasteiger charge is 2.07. The molecule has 1 rings (SSSR count). The molecule has 0 aliphatic heterocycles. The smallest absolute Gasteiger partial charge is 0.197 e. The first-order valence-corrected chi connectivity index (χ1v) is 5.40. The van der Waals surface area contributed by atoms with Crippen LogP contribution in [0.3, 0.4) is 0 Å². The Kier molecular flexibility index (Phi) is 4.40. The SMILES string of the molecule is Cc1cc[n+](/C(C#N)=C\SCC#N)cc1. The molecular formula is C11H10N3S+. The third kappa shape index (κ3) is 3.46. The largest absolute Gasteiger partial charge is 0.295 e. The number of allylic oxidation sites excluding steroid dienone is 1. The number of nitrogens with zero attached hydrogens (tertiary/aromatic N) is 3. The summed E-state index contributed by atoms with van der Waals surface area (Å²) < 4.78 is 1.73. The number of nitriles is 2. The van der Waals surface area contributed by atoms with Crippen molar-refractivity contribution >= 4 is 17.5 Å². The molecule has 1 heterocycles. The summed E-state index contributed by atoms with van der Waals surface area (Å²) in [6.45, 7) is 1.99. The quantitative estimate of drug-likeness (QED) is 0.440. The maximum Gasteiger partial charge on any atom is 0.295 e. The van der Waals surface area contributed by atoms with E-state index < -0.39 is 0 Å². The first-order chi connectivity index (χ1) is 7.27. The maximum atomic E-state index is 8.91. The van der Waals surface area contributed by atoms with Gasteiger partial charge in [0, 0.05) is 12.1 Å². The topological polar surface area (TPSA) is 51.5 Å². The number of aryl methyl sites for hydroxylation is 1. The standard InChI is InChI=1S/C11H10N3S/c1-10-2-5-14(6-3-10)11(8-13)9-15-7-4-12/h2-3,5-6,9H,7H2,1H3/q+1/b11-9-. The van der Waals surface area contributed by atoms with Crippen molar-refractivity contribution < 1.29 is 4.57 Å². The van der Waals surface area contributed by atoms with Crippen LogP contribution in [0.4, 0.5) is 0 Å². The minimum atomic E-state index is 0.359. The van der Waals surface area contributed by atoms with Gasteiger partial charge in [0.25, 0.3) is 5.70 Å². The van der Waals surface area contributed by atoms with E-state index in [2.05, 4.69) is 6.07 Å². The normalized spacial score (nSPS) is 10.5. The van der Waals surface area contributed by atoms with Gasteiger partial charge in [-0.15, -0.1) is 11.8 Å². The van der Waals surface area contributed by atoms with Crippen LogP contribution < -0.4 is 4.57 Å². The van der Waals surface area contributed by atoms with Gasteiger partial charge in [0.2, 0.25) is 0 Å². The lowest BCUT2D eigenvalue weighted by molar-refractivity contribution is -0.577. The van der Waals surface area contributed by atoms with Crippen molar-refractivity contribution in [2.24, 2.45) is 0 Å². The molecule has 0 atom stereocenters. The molecule has 74 valence electrons. The highest BCUT2D eigenvalue weighted by atomic mass is 32.2. The molecule has 3 nitrogen and oxygen atoms in total. The van der Waals surface area contributed by atoms with Crippen molar-refractivity contribution in [1.82, 2.24) is 0 Å². The predicted octanol–water partition coefficient (Wildman–Crippen LogP) is 1.86. The van der Waals surface area contributed by atoms with Crippen LogP contribution in [0.15, 0.2) is 29.9 Å². The maximum absolute atomic E-state index is 8.91. The molecule has 0 saturated carbocycles. The van der Waals surface area contributed by atoms with Crippen LogP contribution in [0.2, 0.25) is 0 Å². The first kappa shape index (κ1) is 11.3. The Bertz CT molecular complexity index is 434. The van der Waals surface area contributed by atoms with E-state index in [1.165, 1.54) is 11.8 Å². The minimum absolute atomic E-state index is 0.359. The van der Waals surface area contributed by atoms with Crippen molar-refractivity contribution in [3.63, 3.8) is 0 Å². The zero-order valence-electron chi connectivity index (χ0n) is 8.34. The fraction of sp³-hybridized carbons (Fsp3) is 0.182. The molecule has 0 fully saturated rings. The molecule has 1 aromatic heterocycles. The highest BCUT2D eigenvalue weighted by molar-refractivity contribution is 8.02. The van der Waals surface area contributed by atoms with Crippen LogP contribution in [-0.4, -0.2) is 5.75 Å². The second-order valence-electron chi connectivity index (χ2n) is 2.87. The van der Waals surface area contributed by atoms with E-state index in [4.69, 9.17) is 10.5 Å². The number of aromatic nitrogens is 1. The van der Waals surface area contributed by atoms with Crippen molar-refractivity contribution in [1.29, 1.82) is 10.5 Å². The molecule has 0 spiro atoms. The van der Waals surface area contributed by atoms with Gasteiger partial charge in [-0.05, 0) is 12.5 Å². The zero-order chi connectivity index (χ0) is 11.1. The zero-order valence-corrected chi connectivity index (χ0v) is 9.16. The van der Waals surface area contributed by atoms with E-state index in [9.17, 15) is 0 Å². The lowest BCUT2D eigenvalue weighted by Gasteiger charge is -1.92. The van der Waals surface area contributed by atoms with E-state index in [1.54, 1.807) is 9.98 Å². The Hall–Kier alpha value is -1.78. The summed E-state index contributed by atoms with van der Waals surface area (Å²) in [4.78, 5) is 0. The molecule has 0 saturated heterocycles. The predicted molar refractivity (Wildman–Crippen MR) is 59.3 cm³/mol. The van der Waals surface area contributed by atoms with Gasteiger partial charge in [-0.25, -0.2) is 0 Å². The average Bonchev–Trinajstić information content (AvgIpc) is 2.26. The van der Waals surface area contributed by atoms with Gasteiger partial charge in [0.05, 0.1) is 17.2 Å². The van der Waals surface area contributed by atoms with Gasteiger partial charge in [0.15, 0.2) is 18.5 Å². The summed E-state index contributed by atoms with van der Waals surface area (Å²) in [6, 6.07) is 7.96. The van der Waals surface area contributed by atoms with Crippen molar-refractivity contribution in [2.75, 3.05) is 5.75 Å². The van der Waals surface area contributed by atoms with Gasteiger partial charge >= 0.3 is 0 Å². The molecule has 0 radical (unpaired) electrons. The summed E-state index contributed by atoms with van der Waals surface area (Å²) >= 11 is 1.32. The Balaban J connectivity index is 2.85. The van der Waals surface area contributed by atoms with E-state index in [0.717, 1.165) is 5.56 Å². The molecule has 4 heteroatoms. The number of thioether (sulfide) groups is 1.